The first-order chi connectivity index (χ1) is 13.8. The van der Waals surface area contributed by atoms with Crippen LogP contribution in [0, 0.1) is 13.8 Å². The maximum Gasteiger partial charge on any atom is 0.295 e. The molecule has 0 saturated carbocycles. The third kappa shape index (κ3) is 3.62. The van der Waals surface area contributed by atoms with Crippen LogP contribution in [0.4, 0.5) is 0 Å². The predicted octanol–water partition coefficient (Wildman–Crippen LogP) is 4.80. The lowest BCUT2D eigenvalue weighted by molar-refractivity contribution is -0.139. The predicted molar refractivity (Wildman–Crippen MR) is 113 cm³/mol. The Morgan fingerprint density at radius 2 is 1.90 bits per heavy atom. The molecule has 0 spiro atoms. The maximum absolute atomic E-state index is 13.0. The van der Waals surface area contributed by atoms with Crippen LogP contribution in [-0.4, -0.2) is 35.4 Å². The summed E-state index contributed by atoms with van der Waals surface area (Å²) in [5.74, 6) is -1.33. The zero-order chi connectivity index (χ0) is 21.3. The minimum Gasteiger partial charge on any atom is -0.507 e. The number of aliphatic hydroxyl groups excluding tert-OH is 1. The quantitative estimate of drug-likeness (QED) is 0.434. The van der Waals surface area contributed by atoms with E-state index in [2.05, 4.69) is 0 Å². The fraction of sp³-hybridized carbons (Fsp3) is 0.304. The van der Waals surface area contributed by atoms with Crippen LogP contribution in [0.5, 0.6) is 5.75 Å². The van der Waals surface area contributed by atoms with Gasteiger partial charge in [-0.25, -0.2) is 0 Å². The summed E-state index contributed by atoms with van der Waals surface area (Å²) < 4.78 is 5.38. The van der Waals surface area contributed by atoms with Crippen molar-refractivity contribution in [2.45, 2.75) is 33.2 Å². The van der Waals surface area contributed by atoms with Crippen molar-refractivity contribution < 1.29 is 19.4 Å². The third-order valence-electron chi connectivity index (χ3n) is 5.13. The number of likely N-dealkylation sites (tertiary alicyclic amines) is 1. The van der Waals surface area contributed by atoms with Crippen molar-refractivity contribution in [3.8, 4) is 5.75 Å². The molecule has 1 fully saturated rings. The summed E-state index contributed by atoms with van der Waals surface area (Å²) in [5, 5.41) is 11.5. The highest BCUT2D eigenvalue weighted by Crippen LogP contribution is 2.43. The number of Topliss-reactive ketones (excluding diaryl/α,β-unsaturated/α-hetero) is 1. The first-order valence-electron chi connectivity index (χ1n) is 9.50. The molecule has 1 saturated heterocycles. The van der Waals surface area contributed by atoms with Crippen LogP contribution >= 0.6 is 11.6 Å². The summed E-state index contributed by atoms with van der Waals surface area (Å²) in [6.07, 6.45) is 0.690. The molecule has 1 amide bonds. The Bertz CT molecular complexity index is 1010. The monoisotopic (exact) mass is 413 g/mol. The molecular weight excluding hydrogens is 390 g/mol. The van der Waals surface area contributed by atoms with E-state index in [1.54, 1.807) is 12.1 Å². The van der Waals surface area contributed by atoms with Crippen molar-refractivity contribution in [1.82, 2.24) is 4.90 Å². The van der Waals surface area contributed by atoms with Crippen LogP contribution in [0.1, 0.15) is 41.6 Å². The van der Waals surface area contributed by atoms with Gasteiger partial charge >= 0.3 is 0 Å². The van der Waals surface area contributed by atoms with E-state index in [1.807, 2.05) is 45.0 Å². The number of aryl methyl sites for hydroxylation is 2. The van der Waals surface area contributed by atoms with E-state index in [-0.39, 0.29) is 17.1 Å². The topological polar surface area (TPSA) is 66.8 Å². The molecule has 1 aliphatic rings. The van der Waals surface area contributed by atoms with E-state index in [0.29, 0.717) is 23.6 Å². The van der Waals surface area contributed by atoms with E-state index in [0.717, 1.165) is 16.7 Å². The first kappa shape index (κ1) is 20.9. The minimum atomic E-state index is -0.705. The molecule has 1 atom stereocenters. The van der Waals surface area contributed by atoms with Crippen LogP contribution in [0.3, 0.4) is 0 Å². The van der Waals surface area contributed by atoms with Crippen LogP contribution in [0.2, 0.25) is 5.02 Å². The number of rotatable bonds is 5. The van der Waals surface area contributed by atoms with E-state index < -0.39 is 17.7 Å². The number of hydrogen-bond donors (Lipinski definition) is 1. The van der Waals surface area contributed by atoms with Gasteiger partial charge in [0.25, 0.3) is 11.7 Å². The van der Waals surface area contributed by atoms with Crippen LogP contribution < -0.4 is 4.74 Å². The van der Waals surface area contributed by atoms with Crippen molar-refractivity contribution in [2.75, 3.05) is 13.7 Å². The maximum atomic E-state index is 13.0. The number of nitrogens with zero attached hydrogens (tertiary/aromatic N) is 1. The lowest BCUT2D eigenvalue weighted by Gasteiger charge is -2.26. The van der Waals surface area contributed by atoms with Gasteiger partial charge in [0.2, 0.25) is 0 Å². The molecule has 0 aromatic heterocycles. The van der Waals surface area contributed by atoms with Crippen LogP contribution in [0.15, 0.2) is 42.0 Å². The van der Waals surface area contributed by atoms with Gasteiger partial charge in [0.15, 0.2) is 0 Å². The van der Waals surface area contributed by atoms with Gasteiger partial charge in [-0.05, 0) is 49.1 Å². The SMILES string of the molecule is CCCN1C(=O)C(=O)/C(=C(/O)c2cc(C)cc(Cl)c2OC)C1c1ccccc1C. The number of methoxy groups -OCH3 is 1. The average molecular weight is 414 g/mol. The van der Waals surface area contributed by atoms with Gasteiger partial charge in [-0.2, -0.15) is 0 Å². The molecule has 2 aromatic rings. The summed E-state index contributed by atoms with van der Waals surface area (Å²) >= 11 is 6.29. The highest BCUT2D eigenvalue weighted by Gasteiger charge is 2.46. The molecular formula is C23H24ClNO4. The summed E-state index contributed by atoms with van der Waals surface area (Å²) in [7, 11) is 1.45. The number of ether oxygens (including phenoxy) is 1. The Morgan fingerprint density at radius 1 is 1.21 bits per heavy atom. The number of carbonyl (C=O) groups excluding carboxylic acids is 2. The van der Waals surface area contributed by atoms with Gasteiger partial charge in [-0.3, -0.25) is 9.59 Å². The van der Waals surface area contributed by atoms with Crippen LogP contribution in [-0.2, 0) is 9.59 Å². The Kier molecular flexibility index (Phi) is 5.99. The Balaban J connectivity index is 2.31. The summed E-state index contributed by atoms with van der Waals surface area (Å²) in [6, 6.07) is 10.3. The molecule has 1 unspecified atom stereocenters. The van der Waals surface area contributed by atoms with Crippen molar-refractivity contribution in [3.05, 3.63) is 69.2 Å². The lowest BCUT2D eigenvalue weighted by atomic mass is 9.92. The Hall–Kier alpha value is -2.79. The van der Waals surface area contributed by atoms with Crippen molar-refractivity contribution in [3.63, 3.8) is 0 Å². The van der Waals surface area contributed by atoms with Gasteiger partial charge in [0.1, 0.15) is 11.5 Å². The largest absolute Gasteiger partial charge is 0.507 e. The summed E-state index contributed by atoms with van der Waals surface area (Å²) in [5.41, 5.74) is 2.89. The number of carbonyl (C=O) groups is 2. The molecule has 1 N–H and O–H groups in total. The molecule has 1 aliphatic heterocycles. The second-order valence-corrected chi connectivity index (χ2v) is 7.58. The molecule has 0 bridgehead atoms. The normalized spacial score (nSPS) is 18.4. The van der Waals surface area contributed by atoms with Gasteiger partial charge in [-0.15, -0.1) is 0 Å². The van der Waals surface area contributed by atoms with E-state index in [4.69, 9.17) is 16.3 Å². The second kappa shape index (κ2) is 8.29. The molecule has 152 valence electrons. The Morgan fingerprint density at radius 3 is 2.52 bits per heavy atom. The molecule has 1 heterocycles. The Labute approximate surface area is 175 Å². The number of amides is 1. The highest BCUT2D eigenvalue weighted by molar-refractivity contribution is 6.46. The second-order valence-electron chi connectivity index (χ2n) is 7.18. The van der Waals surface area contributed by atoms with E-state index in [9.17, 15) is 14.7 Å². The fourth-order valence-corrected chi connectivity index (χ4v) is 4.18. The number of ketones is 1. The zero-order valence-corrected chi connectivity index (χ0v) is 17.7. The summed E-state index contributed by atoms with van der Waals surface area (Å²) in [4.78, 5) is 27.3. The van der Waals surface area contributed by atoms with Crippen molar-refractivity contribution in [2.24, 2.45) is 0 Å². The smallest absolute Gasteiger partial charge is 0.295 e. The number of aliphatic hydroxyl groups is 1. The van der Waals surface area contributed by atoms with E-state index >= 15 is 0 Å². The number of benzene rings is 2. The third-order valence-corrected chi connectivity index (χ3v) is 5.42. The number of hydrogen-bond acceptors (Lipinski definition) is 4. The summed E-state index contributed by atoms with van der Waals surface area (Å²) in [6.45, 7) is 6.10. The molecule has 3 rings (SSSR count). The standard InChI is InChI=1S/C23H24ClNO4/c1-5-10-25-19(15-9-7-6-8-14(15)3)18(21(27)23(25)28)20(26)16-11-13(2)12-17(24)22(16)29-4/h6-9,11-12,19,26H,5,10H2,1-4H3/b20-18+. The van der Waals surface area contributed by atoms with Crippen LogP contribution in [0.25, 0.3) is 5.76 Å². The van der Waals surface area contributed by atoms with Crippen molar-refractivity contribution in [1.29, 1.82) is 0 Å². The molecule has 29 heavy (non-hydrogen) atoms. The number of halogens is 1. The van der Waals surface area contributed by atoms with Gasteiger partial charge in [0, 0.05) is 6.54 Å². The van der Waals surface area contributed by atoms with Crippen molar-refractivity contribution >= 4 is 29.1 Å². The highest BCUT2D eigenvalue weighted by atomic mass is 35.5. The molecule has 6 heteroatoms. The lowest BCUT2D eigenvalue weighted by Crippen LogP contribution is -2.30. The minimum absolute atomic E-state index is 0.0534. The van der Waals surface area contributed by atoms with Gasteiger partial charge in [0.05, 0.1) is 29.3 Å². The van der Waals surface area contributed by atoms with Gasteiger partial charge < -0.3 is 14.7 Å². The zero-order valence-electron chi connectivity index (χ0n) is 17.0. The van der Waals surface area contributed by atoms with Gasteiger partial charge in [-0.1, -0.05) is 42.8 Å². The van der Waals surface area contributed by atoms with E-state index in [1.165, 1.54) is 12.0 Å². The molecule has 2 aromatic carbocycles. The molecule has 0 radical (unpaired) electrons. The molecule has 5 nitrogen and oxygen atoms in total. The fourth-order valence-electron chi connectivity index (χ4n) is 3.83. The first-order valence-corrected chi connectivity index (χ1v) is 9.88. The average Bonchev–Trinajstić information content (AvgIpc) is 2.92. The molecule has 0 aliphatic carbocycles.